The van der Waals surface area contributed by atoms with E-state index >= 15 is 0 Å². The first-order chi connectivity index (χ1) is 9.72. The van der Waals surface area contributed by atoms with Gasteiger partial charge in [0.2, 0.25) is 0 Å². The number of thiophene rings is 1. The molecule has 104 valence electrons. The Morgan fingerprint density at radius 3 is 2.80 bits per heavy atom. The minimum absolute atomic E-state index is 0.447. The van der Waals surface area contributed by atoms with E-state index < -0.39 is 11.1 Å². The van der Waals surface area contributed by atoms with Gasteiger partial charge in [0, 0.05) is 16.6 Å². The highest BCUT2D eigenvalue weighted by molar-refractivity contribution is 7.25. The molecule has 0 atom stereocenters. The van der Waals surface area contributed by atoms with Crippen LogP contribution in [-0.2, 0) is 6.54 Å². The average Bonchev–Trinajstić information content (AvgIpc) is 2.81. The first-order valence-electron chi connectivity index (χ1n) is 6.86. The van der Waals surface area contributed by atoms with Crippen molar-refractivity contribution in [3.05, 3.63) is 45.0 Å². The zero-order chi connectivity index (χ0) is 14.1. The van der Waals surface area contributed by atoms with Gasteiger partial charge in [0.05, 0.1) is 5.52 Å². The molecule has 2 aromatic heterocycles. The number of nitrogens with zero attached hydrogens (tertiary/aromatic N) is 1. The molecule has 0 amide bonds. The zero-order valence-electron chi connectivity index (χ0n) is 11.3. The Balaban J connectivity index is 2.31. The van der Waals surface area contributed by atoms with Gasteiger partial charge in [0.25, 0.3) is 0 Å². The molecule has 0 aliphatic heterocycles. The van der Waals surface area contributed by atoms with Gasteiger partial charge in [0.15, 0.2) is 0 Å². The Morgan fingerprint density at radius 1 is 1.20 bits per heavy atom. The van der Waals surface area contributed by atoms with Crippen molar-refractivity contribution in [3.63, 3.8) is 0 Å². The Morgan fingerprint density at radius 2 is 2.00 bits per heavy atom. The van der Waals surface area contributed by atoms with E-state index in [0.29, 0.717) is 6.54 Å². The van der Waals surface area contributed by atoms with Gasteiger partial charge in [-0.1, -0.05) is 38.0 Å². The molecule has 0 bridgehead atoms. The molecule has 4 nitrogen and oxygen atoms in total. The Labute approximate surface area is 119 Å². The fraction of sp³-hybridized carbons (Fsp3) is 0.333. The van der Waals surface area contributed by atoms with Crippen molar-refractivity contribution in [3.8, 4) is 0 Å². The molecule has 5 heteroatoms. The number of aryl methyl sites for hydroxylation is 1. The minimum atomic E-state index is -0.527. The second kappa shape index (κ2) is 5.25. The van der Waals surface area contributed by atoms with Gasteiger partial charge in [-0.05, 0) is 12.5 Å². The topological polar surface area (TPSA) is 54.9 Å². The van der Waals surface area contributed by atoms with E-state index in [9.17, 15) is 9.59 Å². The molecule has 0 saturated carbocycles. The van der Waals surface area contributed by atoms with Crippen molar-refractivity contribution in [1.29, 1.82) is 0 Å². The summed E-state index contributed by atoms with van der Waals surface area (Å²) < 4.78 is 2.73. The third-order valence-electron chi connectivity index (χ3n) is 3.49. The number of H-pyrrole nitrogens is 1. The predicted molar refractivity (Wildman–Crippen MR) is 83.7 cm³/mol. The van der Waals surface area contributed by atoms with Gasteiger partial charge in [-0.15, -0.1) is 11.3 Å². The maximum absolute atomic E-state index is 12.1. The molecule has 0 aliphatic carbocycles. The molecule has 1 N–H and O–H groups in total. The number of benzene rings is 1. The molecular weight excluding hydrogens is 272 g/mol. The van der Waals surface area contributed by atoms with Crippen molar-refractivity contribution in [2.45, 2.75) is 32.7 Å². The van der Waals surface area contributed by atoms with Gasteiger partial charge >= 0.3 is 11.1 Å². The minimum Gasteiger partial charge on any atom is -0.308 e. The van der Waals surface area contributed by atoms with Crippen LogP contribution in [0.15, 0.2) is 33.9 Å². The fourth-order valence-corrected chi connectivity index (χ4v) is 3.60. The van der Waals surface area contributed by atoms with Crippen LogP contribution in [0.1, 0.15) is 26.2 Å². The summed E-state index contributed by atoms with van der Waals surface area (Å²) in [5, 5.41) is 1.04. The summed E-state index contributed by atoms with van der Waals surface area (Å²) in [6.45, 7) is 2.73. The van der Waals surface area contributed by atoms with Gasteiger partial charge < -0.3 is 9.55 Å². The second-order valence-electron chi connectivity index (χ2n) is 4.89. The number of nitrogens with one attached hydrogen (secondary N) is 1. The maximum Gasteiger partial charge on any atom is 0.316 e. The lowest BCUT2D eigenvalue weighted by Gasteiger charge is -2.07. The van der Waals surface area contributed by atoms with Crippen LogP contribution in [0.4, 0.5) is 0 Å². The SMILES string of the molecule is CCCCCn1c(=O)c(=O)[nH]c2sc3ccccc3c21. The van der Waals surface area contributed by atoms with Gasteiger partial charge in [0.1, 0.15) is 4.83 Å². The average molecular weight is 288 g/mol. The first-order valence-corrected chi connectivity index (χ1v) is 7.68. The highest BCUT2D eigenvalue weighted by atomic mass is 32.1. The molecule has 0 unspecified atom stereocenters. The van der Waals surface area contributed by atoms with Gasteiger partial charge in [-0.2, -0.15) is 0 Å². The summed E-state index contributed by atoms with van der Waals surface area (Å²) in [5.74, 6) is 0. The molecule has 0 spiro atoms. The highest BCUT2D eigenvalue weighted by Crippen LogP contribution is 2.30. The maximum atomic E-state index is 12.1. The van der Waals surface area contributed by atoms with E-state index in [-0.39, 0.29) is 0 Å². The number of hydrogen-bond donors (Lipinski definition) is 1. The Kier molecular flexibility index (Phi) is 3.44. The van der Waals surface area contributed by atoms with E-state index in [1.807, 2.05) is 24.3 Å². The van der Waals surface area contributed by atoms with E-state index in [0.717, 1.165) is 39.7 Å². The summed E-state index contributed by atoms with van der Waals surface area (Å²) in [7, 11) is 0. The second-order valence-corrected chi connectivity index (χ2v) is 5.95. The highest BCUT2D eigenvalue weighted by Gasteiger charge is 2.13. The largest absolute Gasteiger partial charge is 0.316 e. The number of aromatic amines is 1. The molecule has 0 radical (unpaired) electrons. The van der Waals surface area contributed by atoms with Crippen molar-refractivity contribution in [1.82, 2.24) is 9.55 Å². The molecule has 3 aromatic rings. The number of rotatable bonds is 4. The molecule has 0 aliphatic rings. The molecule has 2 heterocycles. The third kappa shape index (κ3) is 2.08. The first kappa shape index (κ1) is 13.1. The van der Waals surface area contributed by atoms with Crippen LogP contribution in [0.2, 0.25) is 0 Å². The molecule has 0 fully saturated rings. The number of aromatic nitrogens is 2. The van der Waals surface area contributed by atoms with Crippen LogP contribution in [-0.4, -0.2) is 9.55 Å². The van der Waals surface area contributed by atoms with Crippen LogP contribution in [0.25, 0.3) is 20.4 Å². The van der Waals surface area contributed by atoms with E-state index in [1.165, 1.54) is 11.3 Å². The summed E-state index contributed by atoms with van der Waals surface area (Å²) in [5.41, 5.74) is -0.107. The summed E-state index contributed by atoms with van der Waals surface area (Å²) in [6.07, 6.45) is 3.06. The van der Waals surface area contributed by atoms with Crippen molar-refractivity contribution < 1.29 is 0 Å². The number of hydrogen-bond acceptors (Lipinski definition) is 3. The Bertz CT molecular complexity index is 873. The lowest BCUT2D eigenvalue weighted by atomic mass is 10.2. The van der Waals surface area contributed by atoms with E-state index in [1.54, 1.807) is 4.57 Å². The molecule has 1 aromatic carbocycles. The van der Waals surface area contributed by atoms with Crippen LogP contribution in [0.3, 0.4) is 0 Å². The summed E-state index contributed by atoms with van der Waals surface area (Å²) in [6, 6.07) is 7.94. The normalized spacial score (nSPS) is 11.4. The van der Waals surface area contributed by atoms with E-state index in [2.05, 4.69) is 11.9 Å². The molecular formula is C15H16N2O2S. The van der Waals surface area contributed by atoms with Gasteiger partial charge in [-0.3, -0.25) is 9.59 Å². The third-order valence-corrected chi connectivity index (χ3v) is 4.57. The van der Waals surface area contributed by atoms with Crippen LogP contribution < -0.4 is 11.1 Å². The summed E-state index contributed by atoms with van der Waals surface area (Å²) >= 11 is 1.52. The lowest BCUT2D eigenvalue weighted by molar-refractivity contribution is 0.599. The molecule has 20 heavy (non-hydrogen) atoms. The quantitative estimate of drug-likeness (QED) is 0.592. The monoisotopic (exact) mass is 288 g/mol. The number of fused-ring (bicyclic) bond motifs is 3. The van der Waals surface area contributed by atoms with Crippen molar-refractivity contribution in [2.24, 2.45) is 0 Å². The van der Waals surface area contributed by atoms with Crippen LogP contribution in [0, 0.1) is 0 Å². The number of unbranched alkanes of at least 4 members (excludes halogenated alkanes) is 2. The molecule has 0 saturated heterocycles. The van der Waals surface area contributed by atoms with Crippen molar-refractivity contribution >= 4 is 31.8 Å². The smallest absolute Gasteiger partial charge is 0.308 e. The molecule has 3 rings (SSSR count). The summed E-state index contributed by atoms with van der Waals surface area (Å²) in [4.78, 5) is 27.4. The van der Waals surface area contributed by atoms with Gasteiger partial charge in [-0.25, -0.2) is 0 Å². The fourth-order valence-electron chi connectivity index (χ4n) is 2.50. The van der Waals surface area contributed by atoms with Crippen LogP contribution >= 0.6 is 11.3 Å². The lowest BCUT2D eigenvalue weighted by Crippen LogP contribution is -2.36. The van der Waals surface area contributed by atoms with Crippen LogP contribution in [0.5, 0.6) is 0 Å². The predicted octanol–water partition coefficient (Wildman–Crippen LogP) is 3.09. The zero-order valence-corrected chi connectivity index (χ0v) is 12.1. The standard InChI is InChI=1S/C15H16N2O2S/c1-2-3-6-9-17-12-10-7-4-5-8-11(10)20-14(12)16-13(18)15(17)19/h4-5,7-8H,2-3,6,9H2,1H3,(H,16,18). The Hall–Kier alpha value is -1.88. The van der Waals surface area contributed by atoms with E-state index in [4.69, 9.17) is 0 Å². The van der Waals surface area contributed by atoms with Crippen molar-refractivity contribution in [2.75, 3.05) is 0 Å².